The van der Waals surface area contributed by atoms with Gasteiger partial charge in [0.25, 0.3) is 0 Å². The van der Waals surface area contributed by atoms with E-state index in [9.17, 15) is 4.79 Å². The first-order valence-electron chi connectivity index (χ1n) is 6.94. The number of aromatic nitrogens is 1. The van der Waals surface area contributed by atoms with Gasteiger partial charge in [0.2, 0.25) is 0 Å². The molecule has 2 aromatic rings. The van der Waals surface area contributed by atoms with Crippen LogP contribution >= 0.6 is 34.5 Å². The Morgan fingerprint density at radius 1 is 1.36 bits per heavy atom. The average Bonchev–Trinajstić information content (AvgIpc) is 2.86. The van der Waals surface area contributed by atoms with Crippen molar-refractivity contribution < 1.29 is 9.53 Å². The number of anilines is 2. The van der Waals surface area contributed by atoms with Gasteiger partial charge in [0.1, 0.15) is 4.88 Å². The van der Waals surface area contributed by atoms with Gasteiger partial charge in [-0.25, -0.2) is 9.78 Å². The van der Waals surface area contributed by atoms with E-state index in [0.29, 0.717) is 32.3 Å². The Bertz CT molecular complexity index is 674. The first-order valence-corrected chi connectivity index (χ1v) is 8.51. The molecule has 0 saturated carbocycles. The molecule has 0 amide bonds. The van der Waals surface area contributed by atoms with E-state index in [2.05, 4.69) is 10.3 Å². The zero-order valence-electron chi connectivity index (χ0n) is 12.3. The predicted molar refractivity (Wildman–Crippen MR) is 91.8 cm³/mol. The molecule has 22 heavy (non-hydrogen) atoms. The van der Waals surface area contributed by atoms with Gasteiger partial charge in [-0.3, -0.25) is 0 Å². The Kier molecular flexibility index (Phi) is 6.06. The van der Waals surface area contributed by atoms with Crippen molar-refractivity contribution >= 4 is 51.3 Å². The summed E-state index contributed by atoms with van der Waals surface area (Å²) in [6.07, 6.45) is 1.61. The van der Waals surface area contributed by atoms with Gasteiger partial charge in [-0.1, -0.05) is 47.9 Å². The maximum Gasteiger partial charge on any atom is 0.350 e. The van der Waals surface area contributed by atoms with Crippen LogP contribution in [-0.2, 0) is 11.2 Å². The molecule has 0 saturated heterocycles. The Labute approximate surface area is 143 Å². The van der Waals surface area contributed by atoms with Gasteiger partial charge in [0.15, 0.2) is 5.13 Å². The van der Waals surface area contributed by atoms with Crippen molar-refractivity contribution in [2.45, 2.75) is 26.7 Å². The van der Waals surface area contributed by atoms with Crippen LogP contribution in [0.4, 0.5) is 10.8 Å². The van der Waals surface area contributed by atoms with Gasteiger partial charge in [0, 0.05) is 5.02 Å². The minimum absolute atomic E-state index is 0.338. The molecule has 0 aliphatic carbocycles. The third-order valence-electron chi connectivity index (χ3n) is 2.81. The molecule has 1 heterocycles. The molecule has 118 valence electrons. The van der Waals surface area contributed by atoms with Crippen molar-refractivity contribution in [3.63, 3.8) is 0 Å². The third-order valence-corrected chi connectivity index (χ3v) is 4.37. The summed E-state index contributed by atoms with van der Waals surface area (Å²) >= 11 is 13.4. The molecule has 0 spiro atoms. The molecule has 0 radical (unpaired) electrons. The molecule has 0 fully saturated rings. The lowest BCUT2D eigenvalue weighted by molar-refractivity contribution is 0.0530. The zero-order chi connectivity index (χ0) is 16.1. The van der Waals surface area contributed by atoms with Gasteiger partial charge in [-0.05, 0) is 31.5 Å². The predicted octanol–water partition coefficient (Wildman–Crippen LogP) is 5.32. The Hall–Kier alpha value is -1.30. The molecule has 0 atom stereocenters. The lowest BCUT2D eigenvalue weighted by Crippen LogP contribution is -2.05. The first-order chi connectivity index (χ1) is 10.5. The molecular formula is C15H16Cl2N2O2S. The Morgan fingerprint density at radius 3 is 2.82 bits per heavy atom. The summed E-state index contributed by atoms with van der Waals surface area (Å²) in [5.41, 5.74) is 1.40. The largest absolute Gasteiger partial charge is 0.462 e. The smallest absolute Gasteiger partial charge is 0.350 e. The van der Waals surface area contributed by atoms with E-state index in [1.807, 2.05) is 6.92 Å². The van der Waals surface area contributed by atoms with Crippen LogP contribution in [0.3, 0.4) is 0 Å². The molecule has 0 aliphatic heterocycles. The third kappa shape index (κ3) is 4.12. The number of carbonyl (C=O) groups excluding carboxylic acids is 1. The average molecular weight is 359 g/mol. The molecule has 2 rings (SSSR count). The number of esters is 1. The van der Waals surface area contributed by atoms with E-state index in [4.69, 9.17) is 27.9 Å². The summed E-state index contributed by atoms with van der Waals surface area (Å²) in [6, 6.07) is 5.14. The topological polar surface area (TPSA) is 51.2 Å². The highest BCUT2D eigenvalue weighted by atomic mass is 35.5. The van der Waals surface area contributed by atoms with Crippen LogP contribution in [0.2, 0.25) is 10.0 Å². The summed E-state index contributed by atoms with van der Waals surface area (Å²) in [6.45, 7) is 4.16. The van der Waals surface area contributed by atoms with Crippen LogP contribution in [0.25, 0.3) is 0 Å². The zero-order valence-corrected chi connectivity index (χ0v) is 14.6. The number of nitrogens with zero attached hydrogens (tertiary/aromatic N) is 1. The Balaban J connectivity index is 2.29. The van der Waals surface area contributed by atoms with Gasteiger partial charge in [-0.15, -0.1) is 0 Å². The number of thiazole rings is 1. The van der Waals surface area contributed by atoms with Crippen LogP contribution in [0.15, 0.2) is 18.2 Å². The highest BCUT2D eigenvalue weighted by Gasteiger charge is 2.19. The van der Waals surface area contributed by atoms with Crippen LogP contribution in [0.1, 0.15) is 35.6 Å². The molecule has 1 aromatic heterocycles. The number of nitrogens with one attached hydrogen (secondary N) is 1. The Morgan fingerprint density at radius 2 is 2.14 bits per heavy atom. The van der Waals surface area contributed by atoms with E-state index < -0.39 is 0 Å². The summed E-state index contributed by atoms with van der Waals surface area (Å²) in [5, 5.41) is 4.81. The number of carbonyl (C=O) groups is 1. The lowest BCUT2D eigenvalue weighted by atomic mass is 10.2. The summed E-state index contributed by atoms with van der Waals surface area (Å²) in [4.78, 5) is 17.0. The van der Waals surface area contributed by atoms with Crippen LogP contribution in [0.5, 0.6) is 0 Å². The molecule has 1 aromatic carbocycles. The number of rotatable bonds is 6. The van der Waals surface area contributed by atoms with Crippen molar-refractivity contribution in [1.29, 1.82) is 0 Å². The minimum atomic E-state index is -0.339. The molecular weight excluding hydrogens is 343 g/mol. The fourth-order valence-electron chi connectivity index (χ4n) is 1.88. The molecule has 0 unspecified atom stereocenters. The fourth-order valence-corrected chi connectivity index (χ4v) is 3.13. The van der Waals surface area contributed by atoms with E-state index in [0.717, 1.165) is 18.5 Å². The maximum absolute atomic E-state index is 12.0. The molecule has 1 N–H and O–H groups in total. The van der Waals surface area contributed by atoms with Crippen molar-refractivity contribution in [3.05, 3.63) is 38.8 Å². The highest BCUT2D eigenvalue weighted by molar-refractivity contribution is 7.17. The second kappa shape index (κ2) is 7.81. The van der Waals surface area contributed by atoms with E-state index >= 15 is 0 Å². The van der Waals surface area contributed by atoms with Crippen molar-refractivity contribution in [2.75, 3.05) is 11.9 Å². The van der Waals surface area contributed by atoms with Crippen LogP contribution in [-0.4, -0.2) is 17.6 Å². The van der Waals surface area contributed by atoms with Gasteiger partial charge in [0.05, 0.1) is 23.0 Å². The number of hydrogen-bond acceptors (Lipinski definition) is 5. The van der Waals surface area contributed by atoms with Gasteiger partial charge in [-0.2, -0.15) is 0 Å². The lowest BCUT2D eigenvalue weighted by Gasteiger charge is -2.05. The van der Waals surface area contributed by atoms with E-state index in [1.54, 1.807) is 25.1 Å². The van der Waals surface area contributed by atoms with Crippen molar-refractivity contribution in [1.82, 2.24) is 4.98 Å². The second-order valence-electron chi connectivity index (χ2n) is 4.51. The van der Waals surface area contributed by atoms with Crippen LogP contribution in [0, 0.1) is 0 Å². The van der Waals surface area contributed by atoms with E-state index in [-0.39, 0.29) is 5.97 Å². The quantitative estimate of drug-likeness (QED) is 0.709. The van der Waals surface area contributed by atoms with Crippen molar-refractivity contribution in [3.8, 4) is 0 Å². The van der Waals surface area contributed by atoms with E-state index in [1.165, 1.54) is 11.3 Å². The first kappa shape index (κ1) is 17.1. The molecule has 4 nitrogen and oxygen atoms in total. The molecule has 0 bridgehead atoms. The summed E-state index contributed by atoms with van der Waals surface area (Å²) < 4.78 is 5.08. The normalized spacial score (nSPS) is 10.5. The molecule has 7 heteroatoms. The fraction of sp³-hybridized carbons (Fsp3) is 0.333. The monoisotopic (exact) mass is 358 g/mol. The summed E-state index contributed by atoms with van der Waals surface area (Å²) in [5.74, 6) is -0.339. The van der Waals surface area contributed by atoms with Gasteiger partial charge < -0.3 is 10.1 Å². The summed E-state index contributed by atoms with van der Waals surface area (Å²) in [7, 11) is 0. The SMILES string of the molecule is CCCc1nc(Nc2cc(Cl)ccc2Cl)sc1C(=O)OCC. The second-order valence-corrected chi connectivity index (χ2v) is 6.36. The maximum atomic E-state index is 12.0. The number of aryl methyl sites for hydroxylation is 1. The number of halogens is 2. The standard InChI is InChI=1S/C15H16Cl2N2O2S/c1-3-5-11-13(14(20)21-4-2)22-15(18-11)19-12-8-9(16)6-7-10(12)17/h6-8H,3-5H2,1-2H3,(H,18,19). The minimum Gasteiger partial charge on any atom is -0.462 e. The van der Waals surface area contributed by atoms with Crippen LogP contribution < -0.4 is 5.32 Å². The number of hydrogen-bond donors (Lipinski definition) is 1. The highest BCUT2D eigenvalue weighted by Crippen LogP contribution is 2.32. The molecule has 0 aliphatic rings. The number of ether oxygens (including phenoxy) is 1. The van der Waals surface area contributed by atoms with Gasteiger partial charge >= 0.3 is 5.97 Å². The van der Waals surface area contributed by atoms with Crippen molar-refractivity contribution in [2.24, 2.45) is 0 Å². The number of benzene rings is 1.